The Morgan fingerprint density at radius 2 is 2.36 bits per heavy atom. The minimum Gasteiger partial charge on any atom is -0.323 e. The molecular formula is C9H18N2. The van der Waals surface area contributed by atoms with Gasteiger partial charge in [0.05, 0.1) is 0 Å². The van der Waals surface area contributed by atoms with Crippen LogP contribution in [0, 0.1) is 11.8 Å². The summed E-state index contributed by atoms with van der Waals surface area (Å²) in [5.41, 5.74) is 1.22. The van der Waals surface area contributed by atoms with Gasteiger partial charge in [-0.05, 0) is 37.5 Å². The van der Waals surface area contributed by atoms with Crippen LogP contribution in [0.15, 0.2) is 5.10 Å². The van der Waals surface area contributed by atoms with Crippen LogP contribution in [0.5, 0.6) is 0 Å². The highest BCUT2D eigenvalue weighted by Crippen LogP contribution is 2.28. The molecule has 2 heteroatoms. The fourth-order valence-electron chi connectivity index (χ4n) is 1.89. The fraction of sp³-hybridized carbons (Fsp3) is 0.889. The Morgan fingerprint density at radius 1 is 1.64 bits per heavy atom. The van der Waals surface area contributed by atoms with Gasteiger partial charge in [-0.2, -0.15) is 5.10 Å². The summed E-state index contributed by atoms with van der Waals surface area (Å²) >= 11 is 0. The van der Waals surface area contributed by atoms with Gasteiger partial charge in [-0.3, -0.25) is 0 Å². The van der Waals surface area contributed by atoms with Gasteiger partial charge in [0.2, 0.25) is 0 Å². The van der Waals surface area contributed by atoms with Crippen molar-refractivity contribution in [2.45, 2.75) is 39.5 Å². The van der Waals surface area contributed by atoms with Crippen LogP contribution < -0.4 is 5.84 Å². The Morgan fingerprint density at radius 3 is 2.82 bits per heavy atom. The SMILES string of the molecule is CC(C)CC1CC/C(=N/N)C1. The molecule has 0 aromatic carbocycles. The van der Waals surface area contributed by atoms with E-state index >= 15 is 0 Å². The second-order valence-corrected chi connectivity index (χ2v) is 3.93. The third-order valence-corrected chi connectivity index (χ3v) is 2.35. The number of hydrogen-bond acceptors (Lipinski definition) is 2. The summed E-state index contributed by atoms with van der Waals surface area (Å²) in [6.07, 6.45) is 4.91. The van der Waals surface area contributed by atoms with Crippen LogP contribution in [0.4, 0.5) is 0 Å². The number of hydrogen-bond donors (Lipinski definition) is 1. The molecule has 1 atom stereocenters. The summed E-state index contributed by atoms with van der Waals surface area (Å²) in [4.78, 5) is 0. The molecule has 1 rings (SSSR count). The smallest absolute Gasteiger partial charge is 0.0378 e. The highest BCUT2D eigenvalue weighted by atomic mass is 15.1. The van der Waals surface area contributed by atoms with Crippen LogP contribution >= 0.6 is 0 Å². The molecule has 0 aliphatic heterocycles. The molecule has 0 radical (unpaired) electrons. The Labute approximate surface area is 68.9 Å². The highest BCUT2D eigenvalue weighted by Gasteiger charge is 2.20. The molecule has 1 unspecified atom stereocenters. The molecule has 0 amide bonds. The van der Waals surface area contributed by atoms with E-state index in [2.05, 4.69) is 18.9 Å². The van der Waals surface area contributed by atoms with Crippen LogP contribution in [0.25, 0.3) is 0 Å². The van der Waals surface area contributed by atoms with Crippen molar-refractivity contribution in [2.24, 2.45) is 22.8 Å². The molecule has 0 bridgehead atoms. The lowest BCUT2D eigenvalue weighted by atomic mass is 9.96. The van der Waals surface area contributed by atoms with Crippen molar-refractivity contribution in [2.75, 3.05) is 0 Å². The summed E-state index contributed by atoms with van der Waals surface area (Å²) < 4.78 is 0. The van der Waals surface area contributed by atoms with Crippen LogP contribution in [0.2, 0.25) is 0 Å². The number of nitrogens with two attached hydrogens (primary N) is 1. The minimum atomic E-state index is 0.817. The van der Waals surface area contributed by atoms with Crippen molar-refractivity contribution in [3.8, 4) is 0 Å². The number of nitrogens with zero attached hydrogens (tertiary/aromatic N) is 1. The van der Waals surface area contributed by atoms with Crippen molar-refractivity contribution in [3.05, 3.63) is 0 Å². The second kappa shape index (κ2) is 3.74. The van der Waals surface area contributed by atoms with Crippen LogP contribution in [0.1, 0.15) is 39.5 Å². The van der Waals surface area contributed by atoms with Gasteiger partial charge in [0.25, 0.3) is 0 Å². The first-order chi connectivity index (χ1) is 5.22. The normalized spacial score (nSPS) is 28.6. The van der Waals surface area contributed by atoms with Crippen molar-refractivity contribution < 1.29 is 0 Å². The average molecular weight is 154 g/mol. The van der Waals surface area contributed by atoms with E-state index < -0.39 is 0 Å². The molecule has 2 N–H and O–H groups in total. The molecule has 0 spiro atoms. The van der Waals surface area contributed by atoms with Crippen molar-refractivity contribution in [1.82, 2.24) is 0 Å². The maximum atomic E-state index is 5.21. The van der Waals surface area contributed by atoms with Gasteiger partial charge in [0.1, 0.15) is 0 Å². The zero-order valence-electron chi connectivity index (χ0n) is 7.51. The minimum absolute atomic E-state index is 0.817. The Bertz CT molecular complexity index is 150. The molecule has 11 heavy (non-hydrogen) atoms. The first kappa shape index (κ1) is 8.57. The molecule has 2 nitrogen and oxygen atoms in total. The topological polar surface area (TPSA) is 38.4 Å². The summed E-state index contributed by atoms with van der Waals surface area (Å²) in [5, 5.41) is 3.76. The quantitative estimate of drug-likeness (QED) is 0.480. The Hall–Kier alpha value is -0.530. The monoisotopic (exact) mass is 154 g/mol. The molecule has 0 aromatic rings. The standard InChI is InChI=1S/C9H18N2/c1-7(2)5-8-3-4-9(6-8)11-10/h7-8H,3-6,10H2,1-2H3/b11-9-. The molecule has 1 saturated carbocycles. The van der Waals surface area contributed by atoms with Gasteiger partial charge >= 0.3 is 0 Å². The average Bonchev–Trinajstić information content (AvgIpc) is 2.34. The molecule has 0 saturated heterocycles. The van der Waals surface area contributed by atoms with Crippen LogP contribution in [0.3, 0.4) is 0 Å². The Balaban J connectivity index is 2.30. The molecule has 64 valence electrons. The van der Waals surface area contributed by atoms with Gasteiger partial charge in [-0.15, -0.1) is 0 Å². The lowest BCUT2D eigenvalue weighted by Crippen LogP contribution is -2.01. The van der Waals surface area contributed by atoms with Crippen LogP contribution in [-0.4, -0.2) is 5.71 Å². The predicted molar refractivity (Wildman–Crippen MR) is 48.4 cm³/mol. The third-order valence-electron chi connectivity index (χ3n) is 2.35. The molecule has 1 aliphatic carbocycles. The molecule has 1 aliphatic rings. The van der Waals surface area contributed by atoms with Crippen molar-refractivity contribution >= 4 is 5.71 Å². The summed E-state index contributed by atoms with van der Waals surface area (Å²) in [5.74, 6) is 6.89. The van der Waals surface area contributed by atoms with Gasteiger partial charge in [-0.25, -0.2) is 0 Å². The van der Waals surface area contributed by atoms with Gasteiger partial charge in [0, 0.05) is 5.71 Å². The first-order valence-electron chi connectivity index (χ1n) is 4.48. The summed E-state index contributed by atoms with van der Waals surface area (Å²) in [6.45, 7) is 4.55. The number of hydrazone groups is 1. The Kier molecular flexibility index (Phi) is 2.92. The van der Waals surface area contributed by atoms with E-state index in [1.165, 1.54) is 18.6 Å². The fourth-order valence-corrected chi connectivity index (χ4v) is 1.89. The maximum Gasteiger partial charge on any atom is 0.0378 e. The third kappa shape index (κ3) is 2.52. The van der Waals surface area contributed by atoms with E-state index in [1.54, 1.807) is 0 Å². The number of rotatable bonds is 2. The van der Waals surface area contributed by atoms with E-state index in [1.807, 2.05) is 0 Å². The van der Waals surface area contributed by atoms with Gasteiger partial charge in [0.15, 0.2) is 0 Å². The molecule has 1 fully saturated rings. The lowest BCUT2D eigenvalue weighted by molar-refractivity contribution is 0.426. The first-order valence-corrected chi connectivity index (χ1v) is 4.48. The van der Waals surface area contributed by atoms with E-state index in [9.17, 15) is 0 Å². The highest BCUT2D eigenvalue weighted by molar-refractivity contribution is 5.86. The largest absolute Gasteiger partial charge is 0.323 e. The summed E-state index contributed by atoms with van der Waals surface area (Å²) in [6, 6.07) is 0. The van der Waals surface area contributed by atoms with Gasteiger partial charge in [-0.1, -0.05) is 13.8 Å². The van der Waals surface area contributed by atoms with Crippen molar-refractivity contribution in [1.29, 1.82) is 0 Å². The molecule has 0 heterocycles. The van der Waals surface area contributed by atoms with E-state index in [0.29, 0.717) is 0 Å². The van der Waals surface area contributed by atoms with E-state index in [-0.39, 0.29) is 0 Å². The molecule has 0 aromatic heterocycles. The van der Waals surface area contributed by atoms with E-state index in [0.717, 1.165) is 24.7 Å². The zero-order chi connectivity index (χ0) is 8.27. The second-order valence-electron chi connectivity index (χ2n) is 3.93. The predicted octanol–water partition coefficient (Wildman–Crippen LogP) is 2.15. The van der Waals surface area contributed by atoms with Crippen LogP contribution in [-0.2, 0) is 0 Å². The maximum absolute atomic E-state index is 5.21. The van der Waals surface area contributed by atoms with Gasteiger partial charge < -0.3 is 5.84 Å². The summed E-state index contributed by atoms with van der Waals surface area (Å²) in [7, 11) is 0. The molecular weight excluding hydrogens is 136 g/mol. The zero-order valence-corrected chi connectivity index (χ0v) is 7.51. The van der Waals surface area contributed by atoms with E-state index in [4.69, 9.17) is 5.84 Å². The lowest BCUT2D eigenvalue weighted by Gasteiger charge is -2.10. The van der Waals surface area contributed by atoms with Crippen molar-refractivity contribution in [3.63, 3.8) is 0 Å².